The van der Waals surface area contributed by atoms with Crippen LogP contribution in [0.4, 0.5) is 5.69 Å². The van der Waals surface area contributed by atoms with Crippen LogP contribution >= 0.6 is 22.6 Å². The lowest BCUT2D eigenvalue weighted by molar-refractivity contribution is -0.138. The summed E-state index contributed by atoms with van der Waals surface area (Å²) in [4.78, 5) is 12.0. The van der Waals surface area contributed by atoms with Crippen LogP contribution in [-0.2, 0) is 11.2 Å². The van der Waals surface area contributed by atoms with Crippen molar-refractivity contribution >= 4 is 40.1 Å². The van der Waals surface area contributed by atoms with Gasteiger partial charge < -0.3 is 26.0 Å². The topological polar surface area (TPSA) is 129 Å². The number of carbonyl (C=O) groups is 1. The summed E-state index contributed by atoms with van der Waals surface area (Å²) in [6, 6.07) is 9.32. The Kier molecular flexibility index (Phi) is 7.43. The van der Waals surface area contributed by atoms with Crippen molar-refractivity contribution < 1.29 is 19.7 Å². The summed E-state index contributed by atoms with van der Waals surface area (Å²) >= 11 is 2.14. The summed E-state index contributed by atoms with van der Waals surface area (Å²) in [5.41, 5.74) is 7.96. The number of carboxylic acids is 1. The first-order valence-corrected chi connectivity index (χ1v) is 9.45. The van der Waals surface area contributed by atoms with Crippen molar-refractivity contribution in [3.63, 3.8) is 0 Å². The molecule has 0 fully saturated rings. The predicted octanol–water partition coefficient (Wildman–Crippen LogP) is 2.75. The summed E-state index contributed by atoms with van der Waals surface area (Å²) < 4.78 is 6.58. The van der Waals surface area contributed by atoms with Crippen molar-refractivity contribution in [2.24, 2.45) is 5.73 Å². The fourth-order valence-corrected chi connectivity index (χ4v) is 3.37. The van der Waals surface area contributed by atoms with Crippen molar-refractivity contribution in [1.29, 1.82) is 5.41 Å². The van der Waals surface area contributed by atoms with Crippen LogP contribution in [0.3, 0.4) is 0 Å². The highest BCUT2D eigenvalue weighted by molar-refractivity contribution is 14.1. The molecule has 1 atom stereocenters. The molecule has 144 valence electrons. The standard InChI is InChI=1S/C19H22IN3O4/c1-2-11-9-13(20)10-15(17(11)27-8-7-24)16(19(25)26)23-14-5-3-12(4-6-14)18(21)22/h3-6,9-10,16,23-24H,2,7-8H2,1H3,(H3,21,22)(H,25,26). The normalized spacial score (nSPS) is 11.7. The minimum atomic E-state index is -1.05. The molecule has 0 radical (unpaired) electrons. The molecular weight excluding hydrogens is 461 g/mol. The molecule has 8 heteroatoms. The molecule has 2 aromatic carbocycles. The zero-order valence-corrected chi connectivity index (χ0v) is 17.0. The quantitative estimate of drug-likeness (QED) is 0.212. The van der Waals surface area contributed by atoms with Crippen molar-refractivity contribution in [2.75, 3.05) is 18.5 Å². The maximum Gasteiger partial charge on any atom is 0.330 e. The number of nitrogens with two attached hydrogens (primary N) is 1. The van der Waals surface area contributed by atoms with Gasteiger partial charge in [0.15, 0.2) is 6.04 Å². The Bertz CT molecular complexity index is 824. The fourth-order valence-electron chi connectivity index (χ4n) is 2.66. The molecule has 0 heterocycles. The Morgan fingerprint density at radius 3 is 2.52 bits per heavy atom. The van der Waals surface area contributed by atoms with Gasteiger partial charge in [-0.2, -0.15) is 0 Å². The van der Waals surface area contributed by atoms with E-state index in [1.165, 1.54) is 0 Å². The number of anilines is 1. The average Bonchev–Trinajstić information content (AvgIpc) is 2.64. The van der Waals surface area contributed by atoms with Gasteiger partial charge in [-0.05, 0) is 71.0 Å². The van der Waals surface area contributed by atoms with Crippen LogP contribution < -0.4 is 15.8 Å². The second-order valence-corrected chi connectivity index (χ2v) is 7.06. The molecule has 0 aliphatic rings. The van der Waals surface area contributed by atoms with E-state index in [1.54, 1.807) is 30.3 Å². The van der Waals surface area contributed by atoms with Crippen molar-refractivity contribution in [2.45, 2.75) is 19.4 Å². The lowest BCUT2D eigenvalue weighted by atomic mass is 10.00. The molecule has 0 saturated carbocycles. The van der Waals surface area contributed by atoms with Crippen LogP contribution in [0.15, 0.2) is 36.4 Å². The zero-order valence-electron chi connectivity index (χ0n) is 14.8. The number of rotatable bonds is 9. The Morgan fingerprint density at radius 2 is 2.00 bits per heavy atom. The van der Waals surface area contributed by atoms with Gasteiger partial charge in [-0.1, -0.05) is 6.92 Å². The first-order chi connectivity index (χ1) is 12.9. The highest BCUT2D eigenvalue weighted by Crippen LogP contribution is 2.34. The van der Waals surface area contributed by atoms with E-state index in [9.17, 15) is 9.90 Å². The summed E-state index contributed by atoms with van der Waals surface area (Å²) in [6.45, 7) is 1.89. The van der Waals surface area contributed by atoms with E-state index in [4.69, 9.17) is 21.0 Å². The first kappa shape index (κ1) is 21.0. The molecule has 0 aromatic heterocycles. The number of hydrogen-bond donors (Lipinski definition) is 5. The van der Waals surface area contributed by atoms with Crippen LogP contribution in [0.5, 0.6) is 5.75 Å². The number of aliphatic hydroxyl groups is 1. The lowest BCUT2D eigenvalue weighted by Gasteiger charge is -2.22. The van der Waals surface area contributed by atoms with E-state index in [0.717, 1.165) is 9.13 Å². The van der Waals surface area contributed by atoms with Gasteiger partial charge >= 0.3 is 5.97 Å². The van der Waals surface area contributed by atoms with E-state index in [2.05, 4.69) is 27.9 Å². The average molecular weight is 483 g/mol. The molecular formula is C19H22IN3O4. The summed E-state index contributed by atoms with van der Waals surface area (Å²) in [5, 5.41) is 29.4. The largest absolute Gasteiger partial charge is 0.491 e. The summed E-state index contributed by atoms with van der Waals surface area (Å²) in [6.07, 6.45) is 0.671. The molecule has 1 unspecified atom stereocenters. The number of carboxylic acid groups (broad SMARTS) is 1. The second-order valence-electron chi connectivity index (χ2n) is 5.82. The number of nitrogens with one attached hydrogen (secondary N) is 2. The number of nitrogen functional groups attached to an aromatic ring is 1. The van der Waals surface area contributed by atoms with Crippen LogP contribution in [0.25, 0.3) is 0 Å². The summed E-state index contributed by atoms with van der Waals surface area (Å²) in [5.74, 6) is -0.628. The monoisotopic (exact) mass is 483 g/mol. The molecule has 0 spiro atoms. The number of benzene rings is 2. The van der Waals surface area contributed by atoms with Crippen LogP contribution in [0, 0.1) is 8.98 Å². The Hall–Kier alpha value is -2.33. The Balaban J connectivity index is 2.44. The van der Waals surface area contributed by atoms with E-state index in [0.29, 0.717) is 29.0 Å². The third kappa shape index (κ3) is 5.33. The molecule has 0 aliphatic heterocycles. The molecule has 27 heavy (non-hydrogen) atoms. The molecule has 2 aromatic rings. The SMILES string of the molecule is CCc1cc(I)cc(C(Nc2ccc(C(=N)N)cc2)C(=O)O)c1OCCO. The Labute approximate surface area is 171 Å². The number of hydrogen-bond acceptors (Lipinski definition) is 5. The van der Waals surface area contributed by atoms with Gasteiger partial charge in [0, 0.05) is 20.4 Å². The minimum absolute atomic E-state index is 0.0544. The minimum Gasteiger partial charge on any atom is -0.491 e. The van der Waals surface area contributed by atoms with E-state index >= 15 is 0 Å². The van der Waals surface area contributed by atoms with Gasteiger partial charge in [-0.3, -0.25) is 5.41 Å². The van der Waals surface area contributed by atoms with E-state index < -0.39 is 12.0 Å². The van der Waals surface area contributed by atoms with Crippen LogP contribution in [0.2, 0.25) is 0 Å². The first-order valence-electron chi connectivity index (χ1n) is 8.37. The predicted molar refractivity (Wildman–Crippen MR) is 113 cm³/mol. The highest BCUT2D eigenvalue weighted by atomic mass is 127. The fraction of sp³-hybridized carbons (Fsp3) is 0.263. The van der Waals surface area contributed by atoms with E-state index in [1.807, 2.05) is 13.0 Å². The Morgan fingerprint density at radius 1 is 1.33 bits per heavy atom. The van der Waals surface area contributed by atoms with Gasteiger partial charge in [0.05, 0.1) is 6.61 Å². The van der Waals surface area contributed by atoms with E-state index in [-0.39, 0.29) is 19.0 Å². The van der Waals surface area contributed by atoms with Gasteiger partial charge in [0.1, 0.15) is 18.2 Å². The number of aryl methyl sites for hydroxylation is 1. The van der Waals surface area contributed by atoms with Gasteiger partial charge in [-0.15, -0.1) is 0 Å². The summed E-state index contributed by atoms with van der Waals surface area (Å²) in [7, 11) is 0. The number of ether oxygens (including phenoxy) is 1. The van der Waals surface area contributed by atoms with Crippen LogP contribution in [0.1, 0.15) is 29.7 Å². The van der Waals surface area contributed by atoms with Crippen molar-refractivity contribution in [3.8, 4) is 5.75 Å². The van der Waals surface area contributed by atoms with Crippen molar-refractivity contribution in [1.82, 2.24) is 0 Å². The zero-order chi connectivity index (χ0) is 20.0. The second kappa shape index (κ2) is 9.56. The van der Waals surface area contributed by atoms with Crippen molar-refractivity contribution in [3.05, 3.63) is 56.7 Å². The van der Waals surface area contributed by atoms with Crippen LogP contribution in [-0.4, -0.2) is 35.2 Å². The lowest BCUT2D eigenvalue weighted by Crippen LogP contribution is -2.22. The number of amidine groups is 1. The number of halogens is 1. The highest BCUT2D eigenvalue weighted by Gasteiger charge is 2.26. The third-order valence-corrected chi connectivity index (χ3v) is 4.57. The molecule has 0 aliphatic carbocycles. The molecule has 0 saturated heterocycles. The number of aliphatic hydroxyl groups excluding tert-OH is 1. The third-order valence-electron chi connectivity index (χ3n) is 3.94. The molecule has 0 bridgehead atoms. The smallest absolute Gasteiger partial charge is 0.330 e. The molecule has 6 N–H and O–H groups in total. The molecule has 0 amide bonds. The molecule has 2 rings (SSSR count). The van der Waals surface area contributed by atoms with Gasteiger partial charge in [0.2, 0.25) is 0 Å². The maximum absolute atomic E-state index is 12.0. The van der Waals surface area contributed by atoms with Gasteiger partial charge in [-0.25, -0.2) is 4.79 Å². The molecule has 7 nitrogen and oxygen atoms in total. The number of aliphatic carboxylic acids is 1. The maximum atomic E-state index is 12.0. The van der Waals surface area contributed by atoms with Gasteiger partial charge in [0.25, 0.3) is 0 Å².